The number of hydrogen-bond donors (Lipinski definition) is 5. The molecule has 8 heteroatoms. The highest BCUT2D eigenvalue weighted by atomic mass is 16.5. The van der Waals surface area contributed by atoms with E-state index in [1.165, 1.54) is 6.33 Å². The van der Waals surface area contributed by atoms with E-state index in [9.17, 15) is 14.7 Å². The molecule has 0 fully saturated rings. The molecule has 2 amide bonds. The number of imidazole rings is 1. The van der Waals surface area contributed by atoms with E-state index < -0.39 is 17.9 Å². The van der Waals surface area contributed by atoms with E-state index in [4.69, 9.17) is 5.21 Å². The van der Waals surface area contributed by atoms with Crippen LogP contribution in [0.4, 0.5) is 0 Å². The molecule has 0 aliphatic heterocycles. The van der Waals surface area contributed by atoms with Crippen LogP contribution in [0, 0.1) is 5.92 Å². The Kier molecular flexibility index (Phi) is 9.17. The summed E-state index contributed by atoms with van der Waals surface area (Å²) in [5.41, 5.74) is 5.84. The summed E-state index contributed by atoms with van der Waals surface area (Å²) in [6.07, 6.45) is 5.37. The third-order valence-corrected chi connectivity index (χ3v) is 5.59. The fourth-order valence-corrected chi connectivity index (χ4v) is 3.78. The van der Waals surface area contributed by atoms with Gasteiger partial charge in [0.15, 0.2) is 0 Å². The Morgan fingerprint density at radius 2 is 1.76 bits per heavy atom. The zero-order valence-electron chi connectivity index (χ0n) is 18.4. The number of rotatable bonds is 12. The predicted octanol–water partition coefficient (Wildman–Crippen LogP) is 2.63. The van der Waals surface area contributed by atoms with Crippen molar-refractivity contribution >= 4 is 11.8 Å². The molecule has 3 rings (SSSR count). The molecule has 0 aliphatic rings. The molecule has 33 heavy (non-hydrogen) atoms. The van der Waals surface area contributed by atoms with Crippen LogP contribution >= 0.6 is 0 Å². The summed E-state index contributed by atoms with van der Waals surface area (Å²) in [5.74, 6) is -1.55. The summed E-state index contributed by atoms with van der Waals surface area (Å²) >= 11 is 0. The van der Waals surface area contributed by atoms with Gasteiger partial charge in [0.25, 0.3) is 0 Å². The Labute approximate surface area is 193 Å². The van der Waals surface area contributed by atoms with Crippen molar-refractivity contribution in [3.63, 3.8) is 0 Å². The van der Waals surface area contributed by atoms with Gasteiger partial charge in [0.05, 0.1) is 19.0 Å². The van der Waals surface area contributed by atoms with Crippen molar-refractivity contribution in [3.8, 4) is 11.1 Å². The largest absolute Gasteiger partial charge is 0.394 e. The first-order valence-corrected chi connectivity index (χ1v) is 11.0. The SMILES string of the molecule is O=C(CC(CCCc1ccc(-c2ccccc2)cc1)C(=O)N[C@@H](CO)Cc1cnc[nH]1)NO. The normalized spacial score (nSPS) is 12.7. The van der Waals surface area contributed by atoms with Gasteiger partial charge < -0.3 is 15.4 Å². The Morgan fingerprint density at radius 3 is 2.39 bits per heavy atom. The van der Waals surface area contributed by atoms with Gasteiger partial charge >= 0.3 is 0 Å². The summed E-state index contributed by atoms with van der Waals surface area (Å²) in [6.45, 7) is -0.239. The molecule has 0 bridgehead atoms. The number of carbonyl (C=O) groups is 2. The van der Waals surface area contributed by atoms with Crippen LogP contribution in [0.15, 0.2) is 67.1 Å². The van der Waals surface area contributed by atoms with Crippen molar-refractivity contribution in [2.24, 2.45) is 5.92 Å². The molecule has 0 spiro atoms. The summed E-state index contributed by atoms with van der Waals surface area (Å²) < 4.78 is 0. The van der Waals surface area contributed by atoms with Gasteiger partial charge in [-0.05, 0) is 36.0 Å². The number of amides is 2. The van der Waals surface area contributed by atoms with Crippen molar-refractivity contribution in [2.75, 3.05) is 6.61 Å². The third kappa shape index (κ3) is 7.55. The molecule has 2 atom stereocenters. The standard InChI is InChI=1S/C25H30N4O4/c30-16-23(14-22-15-26-17-27-22)28-25(32)21(13-24(31)29-33)8-4-5-18-9-11-20(12-10-18)19-6-2-1-3-7-19/h1-3,6-7,9-12,15,17,21,23,30,33H,4-5,8,13-14,16H2,(H,26,27)(H,28,32)(H,29,31)/t21?,23-/m1/s1. The molecule has 174 valence electrons. The molecular weight excluding hydrogens is 420 g/mol. The number of aromatic nitrogens is 2. The van der Waals surface area contributed by atoms with Gasteiger partial charge in [-0.1, -0.05) is 54.6 Å². The highest BCUT2D eigenvalue weighted by molar-refractivity contribution is 5.85. The molecule has 1 heterocycles. The maximum atomic E-state index is 12.8. The zero-order chi connectivity index (χ0) is 23.5. The van der Waals surface area contributed by atoms with Gasteiger partial charge in [-0.3, -0.25) is 14.8 Å². The van der Waals surface area contributed by atoms with Gasteiger partial charge in [0.2, 0.25) is 11.8 Å². The molecule has 5 N–H and O–H groups in total. The van der Waals surface area contributed by atoms with Gasteiger partial charge in [-0.15, -0.1) is 0 Å². The maximum absolute atomic E-state index is 12.8. The van der Waals surface area contributed by atoms with Crippen LogP contribution in [0.3, 0.4) is 0 Å². The summed E-state index contributed by atoms with van der Waals surface area (Å²) in [6, 6.07) is 17.9. The van der Waals surface area contributed by atoms with Crippen molar-refractivity contribution in [1.29, 1.82) is 0 Å². The number of carbonyl (C=O) groups excluding carboxylic acids is 2. The van der Waals surface area contributed by atoms with Crippen LogP contribution in [-0.2, 0) is 22.4 Å². The first-order valence-electron chi connectivity index (χ1n) is 11.0. The third-order valence-electron chi connectivity index (χ3n) is 5.59. The number of aliphatic hydroxyl groups excluding tert-OH is 1. The first-order chi connectivity index (χ1) is 16.1. The number of hydroxylamine groups is 1. The molecule has 1 aromatic heterocycles. The van der Waals surface area contributed by atoms with E-state index in [-0.39, 0.29) is 18.9 Å². The van der Waals surface area contributed by atoms with Gasteiger partial charge in [0, 0.05) is 30.7 Å². The van der Waals surface area contributed by atoms with Crippen LogP contribution in [0.2, 0.25) is 0 Å². The molecule has 8 nitrogen and oxygen atoms in total. The number of nitrogens with one attached hydrogen (secondary N) is 3. The Hall–Kier alpha value is -3.49. The van der Waals surface area contributed by atoms with Crippen LogP contribution in [0.5, 0.6) is 0 Å². The molecule has 0 saturated carbocycles. The lowest BCUT2D eigenvalue weighted by Crippen LogP contribution is -2.43. The number of H-pyrrole nitrogens is 1. The number of aliphatic hydroxyl groups is 1. The highest BCUT2D eigenvalue weighted by Crippen LogP contribution is 2.21. The van der Waals surface area contributed by atoms with Crippen LogP contribution in [0.1, 0.15) is 30.5 Å². The minimum atomic E-state index is -0.614. The van der Waals surface area contributed by atoms with E-state index in [0.29, 0.717) is 19.3 Å². The number of hydrogen-bond acceptors (Lipinski definition) is 5. The van der Waals surface area contributed by atoms with Crippen molar-refractivity contribution in [1.82, 2.24) is 20.8 Å². The summed E-state index contributed by atoms with van der Waals surface area (Å²) in [5, 5.41) is 21.4. The predicted molar refractivity (Wildman–Crippen MR) is 124 cm³/mol. The zero-order valence-corrected chi connectivity index (χ0v) is 18.4. The average Bonchev–Trinajstić information content (AvgIpc) is 3.37. The minimum Gasteiger partial charge on any atom is -0.394 e. The van der Waals surface area contributed by atoms with Crippen LogP contribution in [0.25, 0.3) is 11.1 Å². The van der Waals surface area contributed by atoms with E-state index in [2.05, 4.69) is 51.7 Å². The first kappa shape index (κ1) is 24.2. The molecule has 3 aromatic rings. The lowest BCUT2D eigenvalue weighted by atomic mass is 9.94. The fourth-order valence-electron chi connectivity index (χ4n) is 3.78. The lowest BCUT2D eigenvalue weighted by molar-refractivity contribution is -0.135. The molecule has 1 unspecified atom stereocenters. The number of benzene rings is 2. The molecule has 0 aliphatic carbocycles. The molecular formula is C25H30N4O4. The summed E-state index contributed by atoms with van der Waals surface area (Å²) in [7, 11) is 0. The van der Waals surface area contributed by atoms with E-state index in [0.717, 1.165) is 28.8 Å². The van der Waals surface area contributed by atoms with Gasteiger partial charge in [-0.2, -0.15) is 0 Å². The molecule has 2 aromatic carbocycles. The molecule has 0 saturated heterocycles. The quantitative estimate of drug-likeness (QED) is 0.214. The van der Waals surface area contributed by atoms with Crippen molar-refractivity contribution < 1.29 is 19.9 Å². The Bertz CT molecular complexity index is 991. The van der Waals surface area contributed by atoms with E-state index >= 15 is 0 Å². The van der Waals surface area contributed by atoms with E-state index in [1.54, 1.807) is 11.7 Å². The minimum absolute atomic E-state index is 0.127. The highest BCUT2D eigenvalue weighted by Gasteiger charge is 2.24. The molecule has 0 radical (unpaired) electrons. The average molecular weight is 451 g/mol. The van der Waals surface area contributed by atoms with Crippen molar-refractivity contribution in [3.05, 3.63) is 78.4 Å². The second-order valence-corrected chi connectivity index (χ2v) is 8.06. The summed E-state index contributed by atoms with van der Waals surface area (Å²) in [4.78, 5) is 31.4. The van der Waals surface area contributed by atoms with Crippen molar-refractivity contribution in [2.45, 2.75) is 38.1 Å². The van der Waals surface area contributed by atoms with Crippen LogP contribution in [-0.4, -0.2) is 44.7 Å². The van der Waals surface area contributed by atoms with Crippen LogP contribution < -0.4 is 10.8 Å². The fraction of sp³-hybridized carbons (Fsp3) is 0.320. The maximum Gasteiger partial charge on any atom is 0.244 e. The smallest absolute Gasteiger partial charge is 0.244 e. The second kappa shape index (κ2) is 12.5. The number of nitrogens with zero attached hydrogens (tertiary/aromatic N) is 1. The number of aryl methyl sites for hydroxylation is 1. The monoisotopic (exact) mass is 450 g/mol. The van der Waals surface area contributed by atoms with Gasteiger partial charge in [0.1, 0.15) is 0 Å². The van der Waals surface area contributed by atoms with Gasteiger partial charge in [-0.25, -0.2) is 10.5 Å². The Morgan fingerprint density at radius 1 is 1.03 bits per heavy atom. The topological polar surface area (TPSA) is 127 Å². The van der Waals surface area contributed by atoms with E-state index in [1.807, 2.05) is 18.2 Å². The Balaban J connectivity index is 1.55. The number of aromatic amines is 1. The second-order valence-electron chi connectivity index (χ2n) is 8.06. The lowest BCUT2D eigenvalue weighted by Gasteiger charge is -2.21.